The number of carbonyl (C=O) groups excluding carboxylic acids is 1. The molecule has 0 radical (unpaired) electrons. The molecule has 0 bridgehead atoms. The Bertz CT molecular complexity index is 979. The van der Waals surface area contributed by atoms with E-state index < -0.39 is 5.97 Å². The lowest BCUT2D eigenvalue weighted by molar-refractivity contribution is -0.132. The van der Waals surface area contributed by atoms with Crippen molar-refractivity contribution in [2.75, 3.05) is 19.2 Å². The molecule has 3 aromatic carbocycles. The molecule has 0 aliphatic heterocycles. The predicted octanol–water partition coefficient (Wildman–Crippen LogP) is 4.67. The summed E-state index contributed by atoms with van der Waals surface area (Å²) in [5.74, 6) is 0.570. The van der Waals surface area contributed by atoms with Crippen LogP contribution in [-0.4, -0.2) is 26.4 Å². The van der Waals surface area contributed by atoms with Gasteiger partial charge in [0.05, 0.1) is 32.7 Å². The summed E-state index contributed by atoms with van der Waals surface area (Å²) >= 11 is 0. The predicted molar refractivity (Wildman–Crippen MR) is 118 cm³/mol. The molecule has 6 heteroatoms. The number of methoxy groups -OCH3 is 2. The smallest absolute Gasteiger partial charge is 0.308 e. The molecule has 0 N–H and O–H groups in total. The molecule has 0 spiro atoms. The monoisotopic (exact) mass is 404 g/mol. The van der Waals surface area contributed by atoms with Crippen LogP contribution in [0.5, 0.6) is 17.2 Å². The van der Waals surface area contributed by atoms with Gasteiger partial charge in [0.2, 0.25) is 5.75 Å². The van der Waals surface area contributed by atoms with Gasteiger partial charge in [0, 0.05) is 12.5 Å². The minimum absolute atomic E-state index is 0.244. The Hall–Kier alpha value is -3.80. The lowest BCUT2D eigenvalue weighted by Gasteiger charge is -2.19. The second-order valence-corrected chi connectivity index (χ2v) is 6.47. The van der Waals surface area contributed by atoms with Gasteiger partial charge in [-0.25, -0.2) is 0 Å². The number of anilines is 1. The number of hydrogen-bond acceptors (Lipinski definition) is 6. The first kappa shape index (κ1) is 20.9. The Kier molecular flexibility index (Phi) is 7.05. The van der Waals surface area contributed by atoms with Crippen LogP contribution in [0.2, 0.25) is 0 Å². The van der Waals surface area contributed by atoms with Crippen LogP contribution in [0.25, 0.3) is 0 Å². The van der Waals surface area contributed by atoms with Crippen LogP contribution in [0, 0.1) is 0 Å². The standard InChI is InChI=1S/C24H24N2O4/c1-18(27)30-24-22(28-2)14-20(15-23(24)29-3)16-25-26(21-12-8-5-9-13-21)17-19-10-6-4-7-11-19/h4-16H,17H2,1-3H3/b25-16+. The topological polar surface area (TPSA) is 60.4 Å². The molecule has 3 aromatic rings. The summed E-state index contributed by atoms with van der Waals surface area (Å²) in [6, 6.07) is 23.5. The summed E-state index contributed by atoms with van der Waals surface area (Å²) in [7, 11) is 3.02. The maximum absolute atomic E-state index is 11.4. The molecule has 3 rings (SSSR count). The summed E-state index contributed by atoms with van der Waals surface area (Å²) in [6.07, 6.45) is 1.72. The first-order valence-electron chi connectivity index (χ1n) is 9.45. The molecule has 0 aromatic heterocycles. The van der Waals surface area contributed by atoms with Crippen molar-refractivity contribution in [3.8, 4) is 17.2 Å². The quantitative estimate of drug-likeness (QED) is 0.236. The molecule has 30 heavy (non-hydrogen) atoms. The number of rotatable bonds is 8. The van der Waals surface area contributed by atoms with Gasteiger partial charge in [-0.1, -0.05) is 48.5 Å². The third kappa shape index (κ3) is 5.38. The molecule has 0 heterocycles. The zero-order valence-electron chi connectivity index (χ0n) is 17.2. The molecule has 0 fully saturated rings. The highest BCUT2D eigenvalue weighted by molar-refractivity contribution is 5.84. The molecular weight excluding hydrogens is 380 g/mol. The van der Waals surface area contributed by atoms with Crippen molar-refractivity contribution < 1.29 is 19.0 Å². The van der Waals surface area contributed by atoms with Crippen molar-refractivity contribution in [2.24, 2.45) is 5.10 Å². The summed E-state index contributed by atoms with van der Waals surface area (Å²) in [4.78, 5) is 11.4. The Morgan fingerprint density at radius 2 is 1.50 bits per heavy atom. The summed E-state index contributed by atoms with van der Waals surface area (Å²) in [5.41, 5.74) is 2.85. The van der Waals surface area contributed by atoms with Crippen molar-refractivity contribution in [1.82, 2.24) is 0 Å². The fourth-order valence-corrected chi connectivity index (χ4v) is 2.91. The van der Waals surface area contributed by atoms with Gasteiger partial charge >= 0.3 is 5.97 Å². The number of hydrazone groups is 1. The van der Waals surface area contributed by atoms with E-state index in [0.717, 1.165) is 16.8 Å². The molecule has 0 saturated heterocycles. The first-order chi connectivity index (χ1) is 14.6. The van der Waals surface area contributed by atoms with Gasteiger partial charge in [0.1, 0.15) is 0 Å². The minimum atomic E-state index is -0.453. The number of nitrogens with zero attached hydrogens (tertiary/aromatic N) is 2. The van der Waals surface area contributed by atoms with E-state index in [1.165, 1.54) is 21.1 Å². The van der Waals surface area contributed by atoms with Crippen molar-refractivity contribution in [3.63, 3.8) is 0 Å². The SMILES string of the molecule is COc1cc(/C=N/N(Cc2ccccc2)c2ccccc2)cc(OC)c1OC(C)=O. The van der Waals surface area contributed by atoms with Gasteiger partial charge in [-0.15, -0.1) is 0 Å². The maximum atomic E-state index is 11.4. The highest BCUT2D eigenvalue weighted by Crippen LogP contribution is 2.38. The highest BCUT2D eigenvalue weighted by Gasteiger charge is 2.16. The highest BCUT2D eigenvalue weighted by atomic mass is 16.6. The zero-order chi connectivity index (χ0) is 21.3. The van der Waals surface area contributed by atoms with E-state index in [9.17, 15) is 4.79 Å². The van der Waals surface area contributed by atoms with Gasteiger partial charge < -0.3 is 14.2 Å². The van der Waals surface area contributed by atoms with E-state index in [-0.39, 0.29) is 5.75 Å². The average Bonchev–Trinajstić information content (AvgIpc) is 2.78. The molecular formula is C24H24N2O4. The second-order valence-electron chi connectivity index (χ2n) is 6.47. The van der Waals surface area contributed by atoms with Crippen LogP contribution in [0.15, 0.2) is 77.9 Å². The van der Waals surface area contributed by atoms with Gasteiger partial charge in [-0.05, 0) is 29.8 Å². The lowest BCUT2D eigenvalue weighted by atomic mass is 10.2. The van der Waals surface area contributed by atoms with Gasteiger partial charge in [-0.2, -0.15) is 5.10 Å². The number of para-hydroxylation sites is 1. The van der Waals surface area contributed by atoms with Gasteiger partial charge in [-0.3, -0.25) is 9.80 Å². The summed E-state index contributed by atoms with van der Waals surface area (Å²) < 4.78 is 16.0. The summed E-state index contributed by atoms with van der Waals surface area (Å²) in [5, 5.41) is 6.60. The van der Waals surface area contributed by atoms with E-state index in [1.807, 2.05) is 53.5 Å². The van der Waals surface area contributed by atoms with Crippen LogP contribution in [0.1, 0.15) is 18.1 Å². The van der Waals surface area contributed by atoms with Crippen LogP contribution < -0.4 is 19.2 Å². The first-order valence-corrected chi connectivity index (χ1v) is 9.45. The second kappa shape index (κ2) is 10.1. The van der Waals surface area contributed by atoms with E-state index >= 15 is 0 Å². The molecule has 0 amide bonds. The lowest BCUT2D eigenvalue weighted by Crippen LogP contribution is -2.16. The van der Waals surface area contributed by atoms with Crippen LogP contribution in [-0.2, 0) is 11.3 Å². The van der Waals surface area contributed by atoms with Crippen LogP contribution >= 0.6 is 0 Å². The van der Waals surface area contributed by atoms with E-state index in [2.05, 4.69) is 12.1 Å². The molecule has 0 aliphatic rings. The van der Waals surface area contributed by atoms with Crippen molar-refractivity contribution in [2.45, 2.75) is 13.5 Å². The third-order valence-electron chi connectivity index (χ3n) is 4.30. The Morgan fingerprint density at radius 1 is 0.933 bits per heavy atom. The number of esters is 1. The number of hydrogen-bond donors (Lipinski definition) is 0. The van der Waals surface area contributed by atoms with E-state index in [0.29, 0.717) is 18.0 Å². The number of carbonyl (C=O) groups is 1. The number of ether oxygens (including phenoxy) is 3. The zero-order valence-corrected chi connectivity index (χ0v) is 17.2. The number of benzene rings is 3. The van der Waals surface area contributed by atoms with Crippen molar-refractivity contribution in [3.05, 3.63) is 83.9 Å². The Labute approximate surface area is 176 Å². The Balaban J connectivity index is 1.94. The minimum Gasteiger partial charge on any atom is -0.493 e. The van der Waals surface area contributed by atoms with Gasteiger partial charge in [0.15, 0.2) is 11.5 Å². The fourth-order valence-electron chi connectivity index (χ4n) is 2.91. The Morgan fingerprint density at radius 3 is 2.03 bits per heavy atom. The van der Waals surface area contributed by atoms with Gasteiger partial charge in [0.25, 0.3) is 0 Å². The third-order valence-corrected chi connectivity index (χ3v) is 4.30. The fraction of sp³-hybridized carbons (Fsp3) is 0.167. The van der Waals surface area contributed by atoms with Crippen molar-refractivity contribution >= 4 is 17.9 Å². The largest absolute Gasteiger partial charge is 0.493 e. The molecule has 6 nitrogen and oxygen atoms in total. The molecule has 0 aliphatic carbocycles. The van der Waals surface area contributed by atoms with E-state index in [4.69, 9.17) is 19.3 Å². The van der Waals surface area contributed by atoms with Crippen LogP contribution in [0.4, 0.5) is 5.69 Å². The molecule has 0 saturated carbocycles. The normalized spacial score (nSPS) is 10.6. The average molecular weight is 404 g/mol. The van der Waals surface area contributed by atoms with Crippen molar-refractivity contribution in [1.29, 1.82) is 0 Å². The maximum Gasteiger partial charge on any atom is 0.308 e. The molecule has 154 valence electrons. The molecule has 0 atom stereocenters. The van der Waals surface area contributed by atoms with E-state index in [1.54, 1.807) is 18.3 Å². The summed E-state index contributed by atoms with van der Waals surface area (Å²) in [6.45, 7) is 1.94. The van der Waals surface area contributed by atoms with Crippen LogP contribution in [0.3, 0.4) is 0 Å². The molecule has 0 unspecified atom stereocenters.